The number of hydrogen-bond donors (Lipinski definition) is 0. The van der Waals surface area contributed by atoms with Gasteiger partial charge in [-0.25, -0.2) is 9.59 Å². The van der Waals surface area contributed by atoms with Gasteiger partial charge in [0.15, 0.2) is 13.2 Å². The Morgan fingerprint density at radius 2 is 1.47 bits per heavy atom. The summed E-state index contributed by atoms with van der Waals surface area (Å²) in [5, 5.41) is 0. The molecule has 0 saturated heterocycles. The van der Waals surface area contributed by atoms with Gasteiger partial charge < -0.3 is 14.2 Å². The fraction of sp³-hybridized carbons (Fsp3) is 0.667. The molecule has 0 fully saturated rings. The van der Waals surface area contributed by atoms with E-state index in [1.165, 1.54) is 6.92 Å². The van der Waals surface area contributed by atoms with Crippen molar-refractivity contribution in [3.05, 3.63) is 0 Å². The molecule has 15 heavy (non-hydrogen) atoms. The lowest BCUT2D eigenvalue weighted by Crippen LogP contribution is -2.20. The van der Waals surface area contributed by atoms with Gasteiger partial charge in [-0.05, 0) is 6.42 Å². The Morgan fingerprint density at radius 1 is 0.933 bits per heavy atom. The topological polar surface area (TPSA) is 78.9 Å². The van der Waals surface area contributed by atoms with E-state index >= 15 is 0 Å². The van der Waals surface area contributed by atoms with Crippen LogP contribution in [-0.4, -0.2) is 37.7 Å². The molecular formula is C9H14O6. The monoisotopic (exact) mass is 218 g/mol. The van der Waals surface area contributed by atoms with Crippen LogP contribution in [0.1, 0.15) is 20.3 Å². The molecule has 0 aliphatic carbocycles. The van der Waals surface area contributed by atoms with Crippen molar-refractivity contribution in [2.75, 3.05) is 19.8 Å². The molecule has 0 rings (SSSR count). The van der Waals surface area contributed by atoms with Gasteiger partial charge in [0.25, 0.3) is 0 Å². The first-order valence-electron chi connectivity index (χ1n) is 4.50. The van der Waals surface area contributed by atoms with Crippen molar-refractivity contribution >= 4 is 17.9 Å². The number of hydrogen-bond acceptors (Lipinski definition) is 6. The van der Waals surface area contributed by atoms with Gasteiger partial charge >= 0.3 is 17.9 Å². The van der Waals surface area contributed by atoms with Gasteiger partial charge in [-0.1, -0.05) is 6.92 Å². The van der Waals surface area contributed by atoms with Crippen LogP contribution in [0.3, 0.4) is 0 Å². The van der Waals surface area contributed by atoms with Crippen LogP contribution >= 0.6 is 0 Å². The molecule has 0 atom stereocenters. The number of rotatable bonds is 6. The summed E-state index contributed by atoms with van der Waals surface area (Å²) in [6.45, 7) is 2.36. The maximum absolute atomic E-state index is 10.8. The molecule has 6 nitrogen and oxygen atoms in total. The molecule has 0 N–H and O–H groups in total. The van der Waals surface area contributed by atoms with Crippen molar-refractivity contribution in [1.82, 2.24) is 0 Å². The largest absolute Gasteiger partial charge is 0.463 e. The van der Waals surface area contributed by atoms with Crippen molar-refractivity contribution in [1.29, 1.82) is 0 Å². The Bertz CT molecular complexity index is 235. The van der Waals surface area contributed by atoms with E-state index in [1.807, 2.05) is 6.92 Å². The van der Waals surface area contributed by atoms with E-state index in [1.54, 1.807) is 0 Å². The Labute approximate surface area is 87.5 Å². The van der Waals surface area contributed by atoms with E-state index < -0.39 is 31.1 Å². The van der Waals surface area contributed by atoms with Crippen LogP contribution in [0.25, 0.3) is 0 Å². The summed E-state index contributed by atoms with van der Waals surface area (Å²) in [6, 6.07) is 0. The average Bonchev–Trinajstić information content (AvgIpc) is 2.20. The molecule has 0 aromatic rings. The number of carbonyl (C=O) groups excluding carboxylic acids is 3. The standard InChI is InChI=1S/C9H14O6/c1-3-4-13-8(11)6-15-9(12)5-14-7(2)10/h3-6H2,1-2H3. The van der Waals surface area contributed by atoms with Gasteiger partial charge in [-0.2, -0.15) is 0 Å². The molecule has 0 heterocycles. The third kappa shape index (κ3) is 8.73. The zero-order chi connectivity index (χ0) is 11.7. The predicted molar refractivity (Wildman–Crippen MR) is 48.8 cm³/mol. The highest BCUT2D eigenvalue weighted by molar-refractivity contribution is 5.78. The third-order valence-electron chi connectivity index (χ3n) is 1.21. The molecule has 0 saturated carbocycles. The quantitative estimate of drug-likeness (QED) is 0.463. The summed E-state index contributed by atoms with van der Waals surface area (Å²) in [4.78, 5) is 32.0. The van der Waals surface area contributed by atoms with E-state index in [4.69, 9.17) is 0 Å². The van der Waals surface area contributed by atoms with Crippen molar-refractivity contribution < 1.29 is 28.6 Å². The maximum atomic E-state index is 10.8. The predicted octanol–water partition coefficient (Wildman–Crippen LogP) is 0.0459. The van der Waals surface area contributed by atoms with E-state index in [0.29, 0.717) is 13.0 Å². The molecule has 0 unspecified atom stereocenters. The first-order chi connectivity index (χ1) is 7.06. The fourth-order valence-corrected chi connectivity index (χ4v) is 0.599. The molecular weight excluding hydrogens is 204 g/mol. The second-order valence-corrected chi connectivity index (χ2v) is 2.66. The van der Waals surface area contributed by atoms with Crippen LogP contribution in [-0.2, 0) is 28.6 Å². The Balaban J connectivity index is 3.53. The summed E-state index contributed by atoms with van der Waals surface area (Å²) >= 11 is 0. The van der Waals surface area contributed by atoms with Crippen LogP contribution in [0, 0.1) is 0 Å². The van der Waals surface area contributed by atoms with Crippen LogP contribution in [0.2, 0.25) is 0 Å². The molecule has 0 aromatic carbocycles. The van der Waals surface area contributed by atoms with Crippen LogP contribution in [0.5, 0.6) is 0 Å². The molecule has 6 heteroatoms. The van der Waals surface area contributed by atoms with E-state index in [0.717, 1.165) is 0 Å². The minimum Gasteiger partial charge on any atom is -0.463 e. The summed E-state index contributed by atoms with van der Waals surface area (Å²) in [5.41, 5.74) is 0. The number of esters is 3. The number of carbonyl (C=O) groups is 3. The smallest absolute Gasteiger partial charge is 0.344 e. The normalized spacial score (nSPS) is 9.20. The molecule has 0 bridgehead atoms. The Hall–Kier alpha value is -1.59. The highest BCUT2D eigenvalue weighted by atomic mass is 16.6. The molecule has 0 spiro atoms. The first kappa shape index (κ1) is 13.4. The lowest BCUT2D eigenvalue weighted by atomic mass is 10.5. The molecule has 0 aliphatic heterocycles. The van der Waals surface area contributed by atoms with Crippen molar-refractivity contribution in [2.45, 2.75) is 20.3 Å². The Kier molecular flexibility index (Phi) is 6.96. The molecule has 86 valence electrons. The zero-order valence-electron chi connectivity index (χ0n) is 8.78. The van der Waals surface area contributed by atoms with E-state index in [9.17, 15) is 14.4 Å². The minimum atomic E-state index is -0.779. The maximum Gasteiger partial charge on any atom is 0.344 e. The summed E-state index contributed by atoms with van der Waals surface area (Å²) in [5.74, 6) is -1.98. The van der Waals surface area contributed by atoms with Crippen molar-refractivity contribution in [2.24, 2.45) is 0 Å². The summed E-state index contributed by atoms with van der Waals surface area (Å²) < 4.78 is 13.5. The van der Waals surface area contributed by atoms with Gasteiger partial charge in [0.1, 0.15) is 0 Å². The molecule has 0 aliphatic rings. The molecule has 0 aromatic heterocycles. The van der Waals surface area contributed by atoms with Gasteiger partial charge in [-0.15, -0.1) is 0 Å². The van der Waals surface area contributed by atoms with E-state index in [-0.39, 0.29) is 0 Å². The van der Waals surface area contributed by atoms with Gasteiger partial charge in [0.2, 0.25) is 0 Å². The van der Waals surface area contributed by atoms with Gasteiger partial charge in [-0.3, -0.25) is 4.79 Å². The molecule has 0 amide bonds. The molecule has 0 radical (unpaired) electrons. The summed E-state index contributed by atoms with van der Waals surface area (Å²) in [7, 11) is 0. The highest BCUT2D eigenvalue weighted by Crippen LogP contribution is 1.87. The second-order valence-electron chi connectivity index (χ2n) is 2.66. The lowest BCUT2D eigenvalue weighted by molar-refractivity contribution is -0.164. The van der Waals surface area contributed by atoms with Gasteiger partial charge in [0, 0.05) is 6.92 Å². The van der Waals surface area contributed by atoms with Crippen LogP contribution in [0.15, 0.2) is 0 Å². The average molecular weight is 218 g/mol. The number of ether oxygens (including phenoxy) is 3. The zero-order valence-corrected chi connectivity index (χ0v) is 8.78. The van der Waals surface area contributed by atoms with E-state index in [2.05, 4.69) is 14.2 Å². The van der Waals surface area contributed by atoms with Crippen molar-refractivity contribution in [3.63, 3.8) is 0 Å². The Morgan fingerprint density at radius 3 is 2.00 bits per heavy atom. The van der Waals surface area contributed by atoms with Crippen LogP contribution < -0.4 is 0 Å². The third-order valence-corrected chi connectivity index (χ3v) is 1.21. The summed E-state index contributed by atoms with van der Waals surface area (Å²) in [6.07, 6.45) is 0.702. The van der Waals surface area contributed by atoms with Crippen molar-refractivity contribution in [3.8, 4) is 0 Å². The van der Waals surface area contributed by atoms with Crippen LogP contribution in [0.4, 0.5) is 0 Å². The van der Waals surface area contributed by atoms with Gasteiger partial charge in [0.05, 0.1) is 6.61 Å². The highest BCUT2D eigenvalue weighted by Gasteiger charge is 2.09. The lowest BCUT2D eigenvalue weighted by Gasteiger charge is -2.04. The second kappa shape index (κ2) is 7.78. The minimum absolute atomic E-state index is 0.292. The fourth-order valence-electron chi connectivity index (χ4n) is 0.599. The SMILES string of the molecule is CCCOC(=O)COC(=O)COC(C)=O. The first-order valence-corrected chi connectivity index (χ1v) is 4.50.